The predicted octanol–water partition coefficient (Wildman–Crippen LogP) is 4.39. The normalized spacial score (nSPS) is 24.6. The van der Waals surface area contributed by atoms with Crippen LogP contribution in [0.15, 0.2) is 16.6 Å². The van der Waals surface area contributed by atoms with Gasteiger partial charge in [0.1, 0.15) is 5.82 Å². The summed E-state index contributed by atoms with van der Waals surface area (Å²) in [5.74, 6) is 2.76. The number of hydrogen-bond donors (Lipinski definition) is 1. The van der Waals surface area contributed by atoms with Crippen LogP contribution in [0, 0.1) is 18.8 Å². The topological polar surface area (TPSA) is 24.9 Å². The van der Waals surface area contributed by atoms with E-state index in [2.05, 4.69) is 39.2 Å². The van der Waals surface area contributed by atoms with E-state index in [0.717, 1.165) is 34.4 Å². The lowest BCUT2D eigenvalue weighted by Gasteiger charge is -2.26. The number of hydrogen-bond acceptors (Lipinski definition) is 2. The van der Waals surface area contributed by atoms with Crippen molar-refractivity contribution in [1.29, 1.82) is 0 Å². The molecule has 0 bridgehead atoms. The molecule has 1 fully saturated rings. The molecule has 3 heteroatoms. The van der Waals surface area contributed by atoms with E-state index in [1.54, 1.807) is 0 Å². The van der Waals surface area contributed by atoms with E-state index in [1.165, 1.54) is 25.7 Å². The Labute approximate surface area is 112 Å². The van der Waals surface area contributed by atoms with Gasteiger partial charge in [-0.2, -0.15) is 0 Å². The molecule has 0 unspecified atom stereocenters. The van der Waals surface area contributed by atoms with E-state index in [1.807, 2.05) is 13.0 Å². The molecule has 0 spiro atoms. The predicted molar refractivity (Wildman–Crippen MR) is 76.3 cm³/mol. The Morgan fingerprint density at radius 2 is 2.00 bits per heavy atom. The average molecular weight is 297 g/mol. The molecule has 0 amide bonds. The third-order valence-corrected chi connectivity index (χ3v) is 4.57. The van der Waals surface area contributed by atoms with Crippen molar-refractivity contribution in [2.45, 2.75) is 39.5 Å². The quantitative estimate of drug-likeness (QED) is 0.895. The molecule has 0 atom stereocenters. The van der Waals surface area contributed by atoms with E-state index >= 15 is 0 Å². The lowest BCUT2D eigenvalue weighted by molar-refractivity contribution is 0.300. The van der Waals surface area contributed by atoms with Crippen molar-refractivity contribution >= 4 is 21.7 Å². The second-order valence-corrected chi connectivity index (χ2v) is 6.12. The van der Waals surface area contributed by atoms with Gasteiger partial charge in [-0.25, -0.2) is 4.98 Å². The van der Waals surface area contributed by atoms with Crippen molar-refractivity contribution in [2.24, 2.45) is 11.8 Å². The second kappa shape index (κ2) is 5.85. The van der Waals surface area contributed by atoms with Crippen molar-refractivity contribution in [3.63, 3.8) is 0 Å². The van der Waals surface area contributed by atoms with Crippen LogP contribution in [-0.4, -0.2) is 11.5 Å². The van der Waals surface area contributed by atoms with Crippen molar-refractivity contribution in [2.75, 3.05) is 11.9 Å². The summed E-state index contributed by atoms with van der Waals surface area (Å²) in [6.45, 7) is 5.46. The molecule has 0 saturated heterocycles. The summed E-state index contributed by atoms with van der Waals surface area (Å²) in [6, 6.07) is 4.11. The van der Waals surface area contributed by atoms with Crippen molar-refractivity contribution in [3.05, 3.63) is 22.3 Å². The van der Waals surface area contributed by atoms with Crippen LogP contribution in [0.5, 0.6) is 0 Å². The lowest BCUT2D eigenvalue weighted by Crippen LogP contribution is -2.20. The summed E-state index contributed by atoms with van der Waals surface area (Å²) in [7, 11) is 0. The molecular formula is C14H21BrN2. The van der Waals surface area contributed by atoms with E-state index in [0.29, 0.717) is 0 Å². The van der Waals surface area contributed by atoms with Crippen molar-refractivity contribution in [1.82, 2.24) is 4.98 Å². The zero-order valence-electron chi connectivity index (χ0n) is 10.7. The number of halogens is 1. The van der Waals surface area contributed by atoms with Gasteiger partial charge in [0.05, 0.1) is 5.69 Å². The molecule has 1 aromatic rings. The Bertz CT molecular complexity index is 370. The van der Waals surface area contributed by atoms with Gasteiger partial charge in [-0.05, 0) is 59.7 Å². The zero-order valence-corrected chi connectivity index (χ0v) is 12.3. The highest BCUT2D eigenvalue weighted by atomic mass is 79.9. The van der Waals surface area contributed by atoms with Crippen LogP contribution in [0.3, 0.4) is 0 Å². The Morgan fingerprint density at radius 3 is 2.65 bits per heavy atom. The van der Waals surface area contributed by atoms with Gasteiger partial charge in [-0.3, -0.25) is 0 Å². The van der Waals surface area contributed by atoms with E-state index < -0.39 is 0 Å². The fourth-order valence-corrected chi connectivity index (χ4v) is 2.65. The molecule has 1 heterocycles. The molecule has 17 heavy (non-hydrogen) atoms. The van der Waals surface area contributed by atoms with E-state index in [4.69, 9.17) is 0 Å². The average Bonchev–Trinajstić information content (AvgIpc) is 2.33. The maximum atomic E-state index is 4.51. The molecule has 0 aromatic carbocycles. The van der Waals surface area contributed by atoms with E-state index in [9.17, 15) is 0 Å². The smallest absolute Gasteiger partial charge is 0.126 e. The number of aromatic nitrogens is 1. The minimum absolute atomic E-state index is 0.831. The molecule has 2 nitrogen and oxygen atoms in total. The summed E-state index contributed by atoms with van der Waals surface area (Å²) in [6.07, 6.45) is 5.51. The number of pyridine rings is 1. The van der Waals surface area contributed by atoms with Crippen molar-refractivity contribution < 1.29 is 0 Å². The number of anilines is 1. The minimum atomic E-state index is 0.831. The van der Waals surface area contributed by atoms with Crippen LogP contribution in [-0.2, 0) is 0 Å². The SMILES string of the molecule is Cc1nc(NCC2CCC(C)CC2)ccc1Br. The highest BCUT2D eigenvalue weighted by molar-refractivity contribution is 9.10. The lowest BCUT2D eigenvalue weighted by atomic mass is 9.83. The molecule has 94 valence electrons. The number of rotatable bonds is 3. The van der Waals surface area contributed by atoms with Gasteiger partial charge in [0, 0.05) is 11.0 Å². The minimum Gasteiger partial charge on any atom is -0.370 e. The van der Waals surface area contributed by atoms with Crippen LogP contribution in [0.25, 0.3) is 0 Å². The van der Waals surface area contributed by atoms with Crippen LogP contribution >= 0.6 is 15.9 Å². The molecular weight excluding hydrogens is 276 g/mol. The van der Waals surface area contributed by atoms with Crippen LogP contribution in [0.1, 0.15) is 38.3 Å². The standard InChI is InChI=1S/C14H21BrN2/c1-10-3-5-12(6-4-10)9-16-14-8-7-13(15)11(2)17-14/h7-8,10,12H,3-6,9H2,1-2H3,(H,16,17). The van der Waals surface area contributed by atoms with Gasteiger partial charge in [-0.1, -0.05) is 19.8 Å². The molecule has 0 aliphatic heterocycles. The zero-order chi connectivity index (χ0) is 12.3. The van der Waals surface area contributed by atoms with Gasteiger partial charge in [0.25, 0.3) is 0 Å². The summed E-state index contributed by atoms with van der Waals surface area (Å²) >= 11 is 3.47. The van der Waals surface area contributed by atoms with Gasteiger partial charge in [-0.15, -0.1) is 0 Å². The first-order valence-electron chi connectivity index (χ1n) is 6.52. The van der Waals surface area contributed by atoms with Crippen LogP contribution < -0.4 is 5.32 Å². The number of aryl methyl sites for hydroxylation is 1. The highest BCUT2D eigenvalue weighted by Crippen LogP contribution is 2.28. The first-order valence-corrected chi connectivity index (χ1v) is 7.31. The van der Waals surface area contributed by atoms with E-state index in [-0.39, 0.29) is 0 Å². The van der Waals surface area contributed by atoms with Gasteiger partial charge >= 0.3 is 0 Å². The fraction of sp³-hybridized carbons (Fsp3) is 0.643. The molecule has 0 radical (unpaired) electrons. The Balaban J connectivity index is 1.83. The summed E-state index contributed by atoms with van der Waals surface area (Å²) in [5.41, 5.74) is 1.05. The Hall–Kier alpha value is -0.570. The summed E-state index contributed by atoms with van der Waals surface area (Å²) in [5, 5.41) is 3.47. The summed E-state index contributed by atoms with van der Waals surface area (Å²) < 4.78 is 1.08. The molecule has 1 aromatic heterocycles. The Morgan fingerprint density at radius 1 is 1.29 bits per heavy atom. The highest BCUT2D eigenvalue weighted by Gasteiger charge is 2.17. The monoisotopic (exact) mass is 296 g/mol. The third-order valence-electron chi connectivity index (χ3n) is 3.73. The number of nitrogens with one attached hydrogen (secondary N) is 1. The van der Waals surface area contributed by atoms with Crippen LogP contribution in [0.4, 0.5) is 5.82 Å². The van der Waals surface area contributed by atoms with Gasteiger partial charge < -0.3 is 5.32 Å². The summed E-state index contributed by atoms with van der Waals surface area (Å²) in [4.78, 5) is 4.51. The first kappa shape index (κ1) is 12.9. The van der Waals surface area contributed by atoms with Gasteiger partial charge in [0.15, 0.2) is 0 Å². The van der Waals surface area contributed by atoms with Gasteiger partial charge in [0.2, 0.25) is 0 Å². The molecule has 1 saturated carbocycles. The maximum Gasteiger partial charge on any atom is 0.126 e. The first-order chi connectivity index (χ1) is 8.15. The fourth-order valence-electron chi connectivity index (χ4n) is 2.42. The molecule has 1 aliphatic carbocycles. The molecule has 2 rings (SSSR count). The van der Waals surface area contributed by atoms with Crippen molar-refractivity contribution in [3.8, 4) is 0 Å². The second-order valence-electron chi connectivity index (χ2n) is 5.27. The Kier molecular flexibility index (Phi) is 4.43. The largest absolute Gasteiger partial charge is 0.370 e. The maximum absolute atomic E-state index is 4.51. The third kappa shape index (κ3) is 3.70. The molecule has 1 aliphatic rings. The van der Waals surface area contributed by atoms with Crippen LogP contribution in [0.2, 0.25) is 0 Å². The molecule has 1 N–H and O–H groups in total. The number of nitrogens with zero attached hydrogens (tertiary/aromatic N) is 1.